The van der Waals surface area contributed by atoms with Gasteiger partial charge in [0.1, 0.15) is 52.6 Å². The number of aliphatic hydroxyl groups excluding tert-OH is 4. The second-order valence-corrected chi connectivity index (χ2v) is 7.02. The van der Waals surface area contributed by atoms with Gasteiger partial charge in [-0.05, 0) is 12.8 Å². The number of phenols is 2. The van der Waals surface area contributed by atoms with Gasteiger partial charge in [0.15, 0.2) is 6.29 Å². The average molecular weight is 396 g/mol. The highest BCUT2D eigenvalue weighted by atomic mass is 16.7. The third kappa shape index (κ3) is 3.04. The molecule has 2 aliphatic rings. The number of aromatic hydroxyl groups is 2. The molecule has 0 radical (unpaired) electrons. The molecule has 2 aromatic rings. The standard InChI is InChI=1S/C18H20O10/c19-6-3-8(21)12-11(4-6)27-17-7(20)1-2-10(13(17)15(12)24)28-18-16(25)14(23)9(22)5-26-18/h3-4,7,9-10,14,16,18-23,25H,1-2,5H2/t7-,9+,10+,14+,16-,18+/m0/s1. The first-order valence-corrected chi connectivity index (χ1v) is 8.79. The number of hydrogen-bond acceptors (Lipinski definition) is 10. The van der Waals surface area contributed by atoms with Crippen LogP contribution in [0.2, 0.25) is 0 Å². The van der Waals surface area contributed by atoms with Crippen molar-refractivity contribution >= 4 is 11.0 Å². The van der Waals surface area contributed by atoms with Gasteiger partial charge in [-0.3, -0.25) is 4.79 Å². The highest BCUT2D eigenvalue weighted by Crippen LogP contribution is 2.41. The zero-order chi connectivity index (χ0) is 20.2. The van der Waals surface area contributed by atoms with Gasteiger partial charge in [0.25, 0.3) is 0 Å². The SMILES string of the molecule is O=c1c2c(oc3cc(O)cc(O)c13)[C@@H](O)CC[C@H]2O[C@H]1OC[C@@H](O)[C@@H](O)[C@@H]1O. The lowest BCUT2D eigenvalue weighted by molar-refractivity contribution is -0.285. The fourth-order valence-electron chi connectivity index (χ4n) is 3.65. The van der Waals surface area contributed by atoms with Crippen LogP contribution in [0.15, 0.2) is 21.3 Å². The van der Waals surface area contributed by atoms with E-state index < -0.39 is 48.0 Å². The van der Waals surface area contributed by atoms with Crippen LogP contribution >= 0.6 is 0 Å². The van der Waals surface area contributed by atoms with Crippen LogP contribution in [0.4, 0.5) is 0 Å². The van der Waals surface area contributed by atoms with Crippen molar-refractivity contribution in [3.63, 3.8) is 0 Å². The lowest BCUT2D eigenvalue weighted by atomic mass is 9.90. The van der Waals surface area contributed by atoms with Gasteiger partial charge in [0, 0.05) is 12.1 Å². The van der Waals surface area contributed by atoms with Gasteiger partial charge in [-0.1, -0.05) is 0 Å². The summed E-state index contributed by atoms with van der Waals surface area (Å²) < 4.78 is 16.5. The second kappa shape index (κ2) is 6.99. The van der Waals surface area contributed by atoms with Crippen LogP contribution in [0.3, 0.4) is 0 Å². The van der Waals surface area contributed by atoms with Gasteiger partial charge >= 0.3 is 0 Å². The number of phenolic OH excluding ortho intramolecular Hbond substituents is 2. The van der Waals surface area contributed by atoms with Crippen molar-refractivity contribution in [3.05, 3.63) is 33.7 Å². The van der Waals surface area contributed by atoms with Gasteiger partial charge in [0.2, 0.25) is 5.43 Å². The molecule has 6 atom stereocenters. The van der Waals surface area contributed by atoms with Crippen LogP contribution in [-0.4, -0.2) is 61.8 Å². The largest absolute Gasteiger partial charge is 0.508 e. The van der Waals surface area contributed by atoms with E-state index in [1.165, 1.54) is 0 Å². The summed E-state index contributed by atoms with van der Waals surface area (Å²) in [6.45, 7) is -0.266. The van der Waals surface area contributed by atoms with Crippen LogP contribution in [0.5, 0.6) is 11.5 Å². The van der Waals surface area contributed by atoms with Crippen molar-refractivity contribution < 1.29 is 44.5 Å². The van der Waals surface area contributed by atoms with Crippen molar-refractivity contribution in [3.8, 4) is 11.5 Å². The summed E-state index contributed by atoms with van der Waals surface area (Å²) in [5.41, 5.74) is -0.777. The summed E-state index contributed by atoms with van der Waals surface area (Å²) in [5.74, 6) is -0.861. The molecule has 0 saturated carbocycles. The van der Waals surface area contributed by atoms with Crippen molar-refractivity contribution in [2.75, 3.05) is 6.61 Å². The molecule has 152 valence electrons. The molecule has 0 spiro atoms. The summed E-state index contributed by atoms with van der Waals surface area (Å²) in [6.07, 6.45) is -7.27. The Balaban J connectivity index is 1.77. The van der Waals surface area contributed by atoms with E-state index in [1.54, 1.807) is 0 Å². The van der Waals surface area contributed by atoms with E-state index in [0.717, 1.165) is 12.1 Å². The van der Waals surface area contributed by atoms with Gasteiger partial charge in [0.05, 0.1) is 18.3 Å². The van der Waals surface area contributed by atoms with Gasteiger partial charge in [-0.2, -0.15) is 0 Å². The number of aliphatic hydroxyl groups is 4. The van der Waals surface area contributed by atoms with E-state index in [2.05, 4.69) is 0 Å². The summed E-state index contributed by atoms with van der Waals surface area (Å²) in [5, 5.41) is 59.2. The first kappa shape index (κ1) is 19.1. The predicted molar refractivity (Wildman–Crippen MR) is 91.6 cm³/mol. The Hall–Kier alpha value is -2.21. The Morgan fingerprint density at radius 1 is 1.04 bits per heavy atom. The Bertz CT molecular complexity index is 954. The molecule has 10 nitrogen and oxygen atoms in total. The molecule has 6 N–H and O–H groups in total. The van der Waals surface area contributed by atoms with E-state index in [0.29, 0.717) is 0 Å². The molecule has 1 aromatic carbocycles. The van der Waals surface area contributed by atoms with Crippen LogP contribution in [-0.2, 0) is 9.47 Å². The Morgan fingerprint density at radius 2 is 1.79 bits per heavy atom. The number of benzene rings is 1. The Labute approximate surface area is 157 Å². The van der Waals surface area contributed by atoms with E-state index in [4.69, 9.17) is 13.9 Å². The monoisotopic (exact) mass is 396 g/mol. The first-order valence-electron chi connectivity index (χ1n) is 8.79. The van der Waals surface area contributed by atoms with Gasteiger partial charge in [-0.15, -0.1) is 0 Å². The molecular weight excluding hydrogens is 376 g/mol. The molecule has 0 amide bonds. The van der Waals surface area contributed by atoms with E-state index in [1.807, 2.05) is 0 Å². The maximum absolute atomic E-state index is 13.0. The lowest BCUT2D eigenvalue weighted by Crippen LogP contribution is -2.54. The summed E-state index contributed by atoms with van der Waals surface area (Å²) >= 11 is 0. The zero-order valence-corrected chi connectivity index (χ0v) is 14.6. The topological polar surface area (TPSA) is 170 Å². The van der Waals surface area contributed by atoms with Crippen molar-refractivity contribution in [1.82, 2.24) is 0 Å². The van der Waals surface area contributed by atoms with Crippen LogP contribution < -0.4 is 5.43 Å². The highest BCUT2D eigenvalue weighted by molar-refractivity contribution is 5.85. The minimum absolute atomic E-state index is 0.0383. The third-order valence-electron chi connectivity index (χ3n) is 5.10. The van der Waals surface area contributed by atoms with Gasteiger partial charge < -0.3 is 44.5 Å². The molecule has 1 aliphatic heterocycles. The van der Waals surface area contributed by atoms with Crippen LogP contribution in [0.1, 0.15) is 36.4 Å². The quantitative estimate of drug-likeness (QED) is 0.390. The summed E-state index contributed by atoms with van der Waals surface area (Å²) in [7, 11) is 0. The number of fused-ring (bicyclic) bond motifs is 2. The highest BCUT2D eigenvalue weighted by Gasteiger charge is 2.42. The lowest BCUT2D eigenvalue weighted by Gasteiger charge is -2.38. The number of ether oxygens (including phenoxy) is 2. The van der Waals surface area contributed by atoms with E-state index in [-0.39, 0.29) is 47.5 Å². The molecule has 1 fully saturated rings. The predicted octanol–water partition coefficient (Wildman–Crippen LogP) is -0.472. The minimum atomic E-state index is -1.54. The third-order valence-corrected chi connectivity index (χ3v) is 5.10. The summed E-state index contributed by atoms with van der Waals surface area (Å²) in [6, 6.07) is 2.15. The van der Waals surface area contributed by atoms with Crippen LogP contribution in [0, 0.1) is 0 Å². The zero-order valence-electron chi connectivity index (χ0n) is 14.6. The number of rotatable bonds is 2. The molecule has 0 bridgehead atoms. The maximum atomic E-state index is 13.0. The Morgan fingerprint density at radius 3 is 2.54 bits per heavy atom. The molecule has 4 rings (SSSR count). The fraction of sp³-hybridized carbons (Fsp3) is 0.500. The second-order valence-electron chi connectivity index (χ2n) is 7.02. The Kier molecular flexibility index (Phi) is 4.78. The van der Waals surface area contributed by atoms with Crippen molar-refractivity contribution in [2.45, 2.75) is 49.7 Å². The molecule has 1 aliphatic carbocycles. The number of hydrogen-bond donors (Lipinski definition) is 6. The van der Waals surface area contributed by atoms with E-state index >= 15 is 0 Å². The van der Waals surface area contributed by atoms with Crippen molar-refractivity contribution in [2.24, 2.45) is 0 Å². The molecule has 1 saturated heterocycles. The van der Waals surface area contributed by atoms with E-state index in [9.17, 15) is 35.4 Å². The normalized spacial score (nSPS) is 33.0. The molecule has 2 heterocycles. The van der Waals surface area contributed by atoms with Crippen molar-refractivity contribution in [1.29, 1.82) is 0 Å². The molecule has 10 heteroatoms. The molecule has 0 unspecified atom stereocenters. The van der Waals surface area contributed by atoms with Gasteiger partial charge in [-0.25, -0.2) is 0 Å². The van der Waals surface area contributed by atoms with Crippen LogP contribution in [0.25, 0.3) is 11.0 Å². The average Bonchev–Trinajstić information content (AvgIpc) is 2.64. The smallest absolute Gasteiger partial charge is 0.202 e. The molecular formula is C18H20O10. The summed E-state index contributed by atoms with van der Waals surface area (Å²) in [4.78, 5) is 13.0. The first-order chi connectivity index (χ1) is 13.3. The minimum Gasteiger partial charge on any atom is -0.508 e. The fourth-order valence-corrected chi connectivity index (χ4v) is 3.65. The maximum Gasteiger partial charge on any atom is 0.202 e. The molecule has 1 aromatic heterocycles. The molecule has 28 heavy (non-hydrogen) atoms.